The molecule has 6 nitrogen and oxygen atoms in total. The normalized spacial score (nSPS) is 10.8. The lowest BCUT2D eigenvalue weighted by Gasteiger charge is -2.09. The molecule has 0 heterocycles. The fourth-order valence-electron chi connectivity index (χ4n) is 1.85. The summed E-state index contributed by atoms with van der Waals surface area (Å²) >= 11 is 4.68. The number of hydrogen-bond acceptors (Lipinski definition) is 4. The molecule has 1 aromatic carbocycles. The van der Waals surface area contributed by atoms with Crippen LogP contribution in [0.3, 0.4) is 0 Å². The number of nitrogens with one attached hydrogen (secondary N) is 2. The van der Waals surface area contributed by atoms with Crippen LogP contribution in [-0.2, 0) is 9.59 Å². The van der Waals surface area contributed by atoms with E-state index in [1.165, 1.54) is 6.08 Å². The Morgan fingerprint density at radius 3 is 2.46 bits per heavy atom. The minimum absolute atomic E-state index is 0.00327. The van der Waals surface area contributed by atoms with Crippen LogP contribution in [0.4, 0.5) is 5.69 Å². The van der Waals surface area contributed by atoms with Gasteiger partial charge in [0.25, 0.3) is 5.91 Å². The fourth-order valence-corrected chi connectivity index (χ4v) is 1.90. The Hall–Kier alpha value is -2.54. The summed E-state index contributed by atoms with van der Waals surface area (Å²) in [5.41, 5.74) is 11.3. The van der Waals surface area contributed by atoms with E-state index >= 15 is 0 Å². The van der Waals surface area contributed by atoms with E-state index in [1.54, 1.807) is 19.9 Å². The SMILES string of the molecule is CC(C)=CC(=O)C/C(=N\NC(N)=S)C(=O)Nc1ccc(C)c(C)c1. The number of anilines is 1. The maximum Gasteiger partial charge on any atom is 0.272 e. The van der Waals surface area contributed by atoms with E-state index < -0.39 is 5.91 Å². The highest BCUT2D eigenvalue weighted by Crippen LogP contribution is 2.14. The molecule has 0 saturated heterocycles. The van der Waals surface area contributed by atoms with Crippen molar-refractivity contribution in [2.45, 2.75) is 34.1 Å². The van der Waals surface area contributed by atoms with Crippen LogP contribution >= 0.6 is 12.2 Å². The molecular formula is C17H22N4O2S. The highest BCUT2D eigenvalue weighted by Gasteiger charge is 2.16. The van der Waals surface area contributed by atoms with Gasteiger partial charge in [0, 0.05) is 5.69 Å². The first-order chi connectivity index (χ1) is 11.2. The maximum absolute atomic E-state index is 12.4. The predicted molar refractivity (Wildman–Crippen MR) is 101 cm³/mol. The summed E-state index contributed by atoms with van der Waals surface area (Å²) in [6.45, 7) is 7.54. The van der Waals surface area contributed by atoms with Crippen LogP contribution < -0.4 is 16.5 Å². The van der Waals surface area contributed by atoms with Crippen molar-refractivity contribution in [1.29, 1.82) is 0 Å². The quantitative estimate of drug-likeness (QED) is 0.318. The van der Waals surface area contributed by atoms with Crippen LogP contribution in [0.1, 0.15) is 31.4 Å². The van der Waals surface area contributed by atoms with Gasteiger partial charge in [-0.25, -0.2) is 0 Å². The average molecular weight is 346 g/mol. The number of carbonyl (C=O) groups excluding carboxylic acids is 2. The van der Waals surface area contributed by atoms with Crippen LogP contribution in [0.25, 0.3) is 0 Å². The van der Waals surface area contributed by atoms with Gasteiger partial charge in [0.05, 0.1) is 6.42 Å². The van der Waals surface area contributed by atoms with Gasteiger partial charge in [-0.3, -0.25) is 15.0 Å². The largest absolute Gasteiger partial charge is 0.375 e. The lowest BCUT2D eigenvalue weighted by atomic mass is 10.1. The molecule has 1 aromatic rings. The summed E-state index contributed by atoms with van der Waals surface area (Å²) in [5.74, 6) is -0.716. The fraction of sp³-hybridized carbons (Fsp3) is 0.294. The zero-order valence-corrected chi connectivity index (χ0v) is 15.1. The molecule has 128 valence electrons. The molecule has 24 heavy (non-hydrogen) atoms. The number of nitrogens with two attached hydrogens (primary N) is 1. The van der Waals surface area contributed by atoms with Crippen molar-refractivity contribution in [2.24, 2.45) is 10.8 Å². The number of hydrazone groups is 1. The molecule has 0 aliphatic rings. The average Bonchev–Trinajstić information content (AvgIpc) is 2.46. The monoisotopic (exact) mass is 346 g/mol. The number of nitrogens with zero attached hydrogens (tertiary/aromatic N) is 1. The highest BCUT2D eigenvalue weighted by molar-refractivity contribution is 7.80. The summed E-state index contributed by atoms with van der Waals surface area (Å²) in [7, 11) is 0. The molecule has 0 aliphatic heterocycles. The van der Waals surface area contributed by atoms with Gasteiger partial charge in [-0.1, -0.05) is 11.6 Å². The molecule has 0 atom stereocenters. The van der Waals surface area contributed by atoms with Crippen molar-refractivity contribution in [2.75, 3.05) is 5.32 Å². The maximum atomic E-state index is 12.4. The summed E-state index contributed by atoms with van der Waals surface area (Å²) in [5, 5.41) is 6.49. The van der Waals surface area contributed by atoms with Gasteiger partial charge in [-0.05, 0) is 69.2 Å². The number of aryl methyl sites for hydroxylation is 2. The van der Waals surface area contributed by atoms with Crippen molar-refractivity contribution in [3.05, 3.63) is 41.0 Å². The van der Waals surface area contributed by atoms with E-state index in [2.05, 4.69) is 28.1 Å². The molecule has 7 heteroatoms. The van der Waals surface area contributed by atoms with Crippen molar-refractivity contribution in [3.63, 3.8) is 0 Å². The summed E-state index contributed by atoms with van der Waals surface area (Å²) < 4.78 is 0. The van der Waals surface area contributed by atoms with Gasteiger partial charge >= 0.3 is 0 Å². The van der Waals surface area contributed by atoms with Crippen molar-refractivity contribution < 1.29 is 9.59 Å². The molecule has 0 unspecified atom stereocenters. The van der Waals surface area contributed by atoms with Crippen LogP contribution in [0, 0.1) is 13.8 Å². The zero-order chi connectivity index (χ0) is 18.3. The number of hydrogen-bond donors (Lipinski definition) is 3. The van der Waals surface area contributed by atoms with Gasteiger partial charge in [0.2, 0.25) is 0 Å². The number of ketones is 1. The van der Waals surface area contributed by atoms with Crippen LogP contribution in [0.2, 0.25) is 0 Å². The second kappa shape index (κ2) is 8.93. The van der Waals surface area contributed by atoms with E-state index in [9.17, 15) is 9.59 Å². The van der Waals surface area contributed by atoms with E-state index in [0.29, 0.717) is 5.69 Å². The molecule has 0 bridgehead atoms. The number of carbonyl (C=O) groups is 2. The minimum Gasteiger partial charge on any atom is -0.375 e. The lowest BCUT2D eigenvalue weighted by molar-refractivity contribution is -0.115. The Morgan fingerprint density at radius 1 is 1.25 bits per heavy atom. The number of allylic oxidation sites excluding steroid dienone is 2. The van der Waals surface area contributed by atoms with E-state index in [-0.39, 0.29) is 23.0 Å². The minimum atomic E-state index is -0.488. The molecule has 0 aromatic heterocycles. The van der Waals surface area contributed by atoms with Crippen molar-refractivity contribution in [3.8, 4) is 0 Å². The molecule has 0 aliphatic carbocycles. The number of rotatable bonds is 6. The Labute approximate surface area is 147 Å². The van der Waals surface area contributed by atoms with Gasteiger partial charge < -0.3 is 11.1 Å². The molecule has 1 rings (SSSR count). The topological polar surface area (TPSA) is 96.6 Å². The second-order valence-electron chi connectivity index (χ2n) is 5.65. The van der Waals surface area contributed by atoms with Gasteiger partial charge in [0.1, 0.15) is 5.71 Å². The Kier molecular flexibility index (Phi) is 7.26. The Morgan fingerprint density at radius 2 is 1.92 bits per heavy atom. The van der Waals surface area contributed by atoms with Crippen molar-refractivity contribution >= 4 is 40.4 Å². The molecule has 0 fully saturated rings. The molecule has 0 saturated carbocycles. The van der Waals surface area contributed by atoms with Gasteiger partial charge in [0.15, 0.2) is 10.9 Å². The second-order valence-corrected chi connectivity index (χ2v) is 6.09. The first kappa shape index (κ1) is 19.5. The van der Waals surface area contributed by atoms with E-state index in [4.69, 9.17) is 5.73 Å². The molecular weight excluding hydrogens is 324 g/mol. The summed E-state index contributed by atoms with van der Waals surface area (Å²) in [6, 6.07) is 5.55. The third kappa shape index (κ3) is 6.70. The zero-order valence-electron chi connectivity index (χ0n) is 14.3. The predicted octanol–water partition coefficient (Wildman–Crippen LogP) is 2.36. The van der Waals surface area contributed by atoms with E-state index in [1.807, 2.05) is 26.0 Å². The number of benzene rings is 1. The Bertz CT molecular complexity index is 719. The van der Waals surface area contributed by atoms with Crippen LogP contribution in [0.5, 0.6) is 0 Å². The molecule has 0 radical (unpaired) electrons. The van der Waals surface area contributed by atoms with Gasteiger partial charge in [-0.2, -0.15) is 5.10 Å². The summed E-state index contributed by atoms with van der Waals surface area (Å²) in [6.07, 6.45) is 1.30. The van der Waals surface area contributed by atoms with E-state index in [0.717, 1.165) is 16.7 Å². The summed E-state index contributed by atoms with van der Waals surface area (Å²) in [4.78, 5) is 24.3. The molecule has 0 spiro atoms. The van der Waals surface area contributed by atoms with Crippen LogP contribution in [0.15, 0.2) is 34.9 Å². The first-order valence-electron chi connectivity index (χ1n) is 7.37. The third-order valence-electron chi connectivity index (χ3n) is 3.12. The lowest BCUT2D eigenvalue weighted by Crippen LogP contribution is -2.31. The number of amides is 1. The van der Waals surface area contributed by atoms with Crippen molar-refractivity contribution in [1.82, 2.24) is 5.43 Å². The molecule has 4 N–H and O–H groups in total. The number of thiocarbonyl (C=S) groups is 1. The highest BCUT2D eigenvalue weighted by atomic mass is 32.1. The Balaban J connectivity index is 2.96. The third-order valence-corrected chi connectivity index (χ3v) is 3.21. The molecule has 1 amide bonds. The standard InChI is InChI=1S/C17H22N4O2S/c1-10(2)7-14(22)9-15(20-21-17(18)24)16(23)19-13-6-5-11(3)12(4)8-13/h5-8H,9H2,1-4H3,(H,19,23)(H3,18,21,24)/b20-15+. The first-order valence-corrected chi connectivity index (χ1v) is 7.78. The smallest absolute Gasteiger partial charge is 0.272 e. The van der Waals surface area contributed by atoms with Gasteiger partial charge in [-0.15, -0.1) is 0 Å². The van der Waals surface area contributed by atoms with Crippen LogP contribution in [-0.4, -0.2) is 22.5 Å².